The van der Waals surface area contributed by atoms with Gasteiger partial charge in [-0.15, -0.1) is 0 Å². The van der Waals surface area contributed by atoms with Gasteiger partial charge < -0.3 is 4.74 Å². The molecule has 23 heavy (non-hydrogen) atoms. The molecule has 0 amide bonds. The molecular formula is C19H34O3Zn. The summed E-state index contributed by atoms with van der Waals surface area (Å²) in [5.41, 5.74) is 0. The van der Waals surface area contributed by atoms with Crippen LogP contribution in [0.2, 0.25) is 0 Å². The molecule has 0 aliphatic carbocycles. The first-order valence-electron chi connectivity index (χ1n) is 9.07. The Labute approximate surface area is 155 Å². The van der Waals surface area contributed by atoms with Crippen molar-refractivity contribution in [3.8, 4) is 0 Å². The third-order valence-corrected chi connectivity index (χ3v) is 3.87. The Morgan fingerprint density at radius 1 is 0.783 bits per heavy atom. The van der Waals surface area contributed by atoms with E-state index in [9.17, 15) is 9.59 Å². The number of carbonyl (C=O) groups is 2. The topological polar surface area (TPSA) is 43.4 Å². The number of ether oxygens (including phenoxy) is 1. The van der Waals surface area contributed by atoms with Gasteiger partial charge in [0.2, 0.25) is 0 Å². The molecule has 0 aromatic rings. The van der Waals surface area contributed by atoms with Crippen molar-refractivity contribution in [1.29, 1.82) is 0 Å². The molecule has 0 aliphatic rings. The zero-order valence-corrected chi connectivity index (χ0v) is 18.1. The van der Waals surface area contributed by atoms with Crippen LogP contribution in [0.15, 0.2) is 12.7 Å². The van der Waals surface area contributed by atoms with Gasteiger partial charge in [-0.2, -0.15) is 0 Å². The zero-order valence-electron chi connectivity index (χ0n) is 15.1. The van der Waals surface area contributed by atoms with E-state index in [4.69, 9.17) is 0 Å². The minimum Gasteiger partial charge on any atom is -0.390 e. The number of hydrogen-bond acceptors (Lipinski definition) is 3. The maximum absolute atomic E-state index is 11.2. The van der Waals surface area contributed by atoms with E-state index in [1.807, 2.05) is 0 Å². The van der Waals surface area contributed by atoms with Gasteiger partial charge in [0.25, 0.3) is 0 Å². The monoisotopic (exact) mass is 374 g/mol. The van der Waals surface area contributed by atoms with Crippen LogP contribution < -0.4 is 0 Å². The van der Waals surface area contributed by atoms with Crippen LogP contribution in [0.1, 0.15) is 96.8 Å². The molecule has 0 aliphatic heterocycles. The fourth-order valence-corrected chi connectivity index (χ4v) is 2.49. The summed E-state index contributed by atoms with van der Waals surface area (Å²) in [5.74, 6) is -1.09. The number of carbonyl (C=O) groups excluding carboxylic acids is 2. The standard InChI is InChI=1S/C19H34O3.Zn/c1-3-5-6-7-8-9-10-11-12-13-14-15-16-17-19(21)22-18(20)4-2;/h4H,2-3,5-17H2,1H3;. The first-order chi connectivity index (χ1) is 10.7. The molecule has 0 atom stereocenters. The van der Waals surface area contributed by atoms with Crippen LogP contribution in [0.4, 0.5) is 0 Å². The Kier molecular flexibility index (Phi) is 21.0. The fraction of sp³-hybridized carbons (Fsp3) is 0.789. The van der Waals surface area contributed by atoms with Crippen LogP contribution in [0.3, 0.4) is 0 Å². The van der Waals surface area contributed by atoms with Gasteiger partial charge in [0.05, 0.1) is 0 Å². The van der Waals surface area contributed by atoms with E-state index < -0.39 is 11.9 Å². The first-order valence-corrected chi connectivity index (χ1v) is 9.07. The molecular weight excluding hydrogens is 342 g/mol. The average Bonchev–Trinajstić information content (AvgIpc) is 2.51. The average molecular weight is 376 g/mol. The van der Waals surface area contributed by atoms with Crippen LogP contribution in [-0.2, 0) is 33.8 Å². The summed E-state index contributed by atoms with van der Waals surface area (Å²) in [6, 6.07) is 0. The van der Waals surface area contributed by atoms with E-state index in [0.717, 1.165) is 18.9 Å². The van der Waals surface area contributed by atoms with Crippen molar-refractivity contribution in [1.82, 2.24) is 0 Å². The predicted molar refractivity (Wildman–Crippen MR) is 91.6 cm³/mol. The number of esters is 2. The van der Waals surface area contributed by atoms with Crippen LogP contribution in [0, 0.1) is 0 Å². The minimum atomic E-state index is -0.653. The first kappa shape index (κ1) is 24.8. The summed E-state index contributed by atoms with van der Waals surface area (Å²) in [5, 5.41) is 0. The maximum Gasteiger partial charge on any atom is 0.337 e. The Bertz CT molecular complexity index is 303. The molecule has 0 unspecified atom stereocenters. The summed E-state index contributed by atoms with van der Waals surface area (Å²) in [6.45, 7) is 5.51. The molecule has 0 fully saturated rings. The molecule has 0 rings (SSSR count). The summed E-state index contributed by atoms with van der Waals surface area (Å²) < 4.78 is 4.51. The van der Waals surface area contributed by atoms with Gasteiger partial charge in [0.15, 0.2) is 0 Å². The number of rotatable bonds is 15. The molecule has 0 bridgehead atoms. The Hall–Kier alpha value is -0.497. The van der Waals surface area contributed by atoms with E-state index in [1.165, 1.54) is 70.6 Å². The fourth-order valence-electron chi connectivity index (χ4n) is 2.49. The minimum absolute atomic E-state index is 0. The SMILES string of the molecule is C=CC(=O)OC(=O)CCCCCCCCCCCCCCC.[Zn]. The van der Waals surface area contributed by atoms with Gasteiger partial charge in [-0.3, -0.25) is 4.79 Å². The molecule has 3 nitrogen and oxygen atoms in total. The van der Waals surface area contributed by atoms with E-state index in [1.54, 1.807) is 0 Å². The summed E-state index contributed by atoms with van der Waals surface area (Å²) >= 11 is 0. The molecule has 0 heterocycles. The van der Waals surface area contributed by atoms with Crippen LogP contribution in [-0.4, -0.2) is 11.9 Å². The Morgan fingerprint density at radius 3 is 1.57 bits per heavy atom. The summed E-state index contributed by atoms with van der Waals surface area (Å²) in [6.07, 6.45) is 17.9. The summed E-state index contributed by atoms with van der Waals surface area (Å²) in [4.78, 5) is 22.0. The molecule has 0 spiro atoms. The van der Waals surface area contributed by atoms with Gasteiger partial charge in [0, 0.05) is 32.0 Å². The molecule has 0 N–H and O–H groups in total. The third kappa shape index (κ3) is 19.5. The molecule has 130 valence electrons. The van der Waals surface area contributed by atoms with Gasteiger partial charge in [-0.25, -0.2) is 4.79 Å². The predicted octanol–water partition coefficient (Wildman–Crippen LogP) is 5.72. The number of hydrogen-bond donors (Lipinski definition) is 0. The smallest absolute Gasteiger partial charge is 0.337 e. The van der Waals surface area contributed by atoms with E-state index in [2.05, 4.69) is 18.2 Å². The zero-order chi connectivity index (χ0) is 16.5. The van der Waals surface area contributed by atoms with Gasteiger partial charge >= 0.3 is 11.9 Å². The normalized spacial score (nSPS) is 9.96. The van der Waals surface area contributed by atoms with Crippen molar-refractivity contribution < 1.29 is 33.8 Å². The van der Waals surface area contributed by atoms with Crippen molar-refractivity contribution in [2.45, 2.75) is 96.8 Å². The van der Waals surface area contributed by atoms with Crippen molar-refractivity contribution in [3.63, 3.8) is 0 Å². The van der Waals surface area contributed by atoms with Gasteiger partial charge in [0.1, 0.15) is 0 Å². The number of unbranched alkanes of at least 4 members (excludes halogenated alkanes) is 12. The van der Waals surface area contributed by atoms with Crippen LogP contribution in [0.5, 0.6) is 0 Å². The second kappa shape index (κ2) is 19.5. The van der Waals surface area contributed by atoms with Crippen molar-refractivity contribution in [2.75, 3.05) is 0 Å². The van der Waals surface area contributed by atoms with E-state index in [0.29, 0.717) is 6.42 Å². The van der Waals surface area contributed by atoms with Crippen LogP contribution >= 0.6 is 0 Å². The maximum atomic E-state index is 11.2. The molecule has 0 radical (unpaired) electrons. The third-order valence-electron chi connectivity index (χ3n) is 3.87. The second-order valence-electron chi connectivity index (χ2n) is 5.99. The van der Waals surface area contributed by atoms with Crippen molar-refractivity contribution in [3.05, 3.63) is 12.7 Å². The molecule has 0 saturated carbocycles. The summed E-state index contributed by atoms with van der Waals surface area (Å²) in [7, 11) is 0. The van der Waals surface area contributed by atoms with Gasteiger partial charge in [-0.05, 0) is 6.42 Å². The quantitative estimate of drug-likeness (QED) is 0.121. The molecule has 0 aromatic carbocycles. The Morgan fingerprint density at radius 2 is 1.17 bits per heavy atom. The Balaban J connectivity index is 0. The molecule has 0 aromatic heterocycles. The van der Waals surface area contributed by atoms with Crippen LogP contribution in [0.25, 0.3) is 0 Å². The largest absolute Gasteiger partial charge is 0.390 e. The molecule has 0 saturated heterocycles. The van der Waals surface area contributed by atoms with E-state index >= 15 is 0 Å². The van der Waals surface area contributed by atoms with Crippen molar-refractivity contribution >= 4 is 11.9 Å². The second-order valence-corrected chi connectivity index (χ2v) is 5.99. The van der Waals surface area contributed by atoms with Crippen molar-refractivity contribution in [2.24, 2.45) is 0 Å². The van der Waals surface area contributed by atoms with E-state index in [-0.39, 0.29) is 19.5 Å². The molecule has 4 heteroatoms. The van der Waals surface area contributed by atoms with Gasteiger partial charge in [-0.1, -0.05) is 90.6 Å².